The number of alkyl halides is 6. The van der Waals surface area contributed by atoms with E-state index >= 15 is 0 Å². The number of amides is 1. The van der Waals surface area contributed by atoms with Gasteiger partial charge in [-0.15, -0.1) is 0 Å². The molecular formula is C12H9F6NO2. The van der Waals surface area contributed by atoms with Gasteiger partial charge in [0.1, 0.15) is 5.75 Å². The van der Waals surface area contributed by atoms with E-state index in [1.165, 1.54) is 0 Å². The van der Waals surface area contributed by atoms with Gasteiger partial charge in [-0.2, -0.15) is 26.3 Å². The quantitative estimate of drug-likeness (QED) is 0.688. The molecule has 1 aromatic carbocycles. The lowest BCUT2D eigenvalue weighted by atomic mass is 10.0. The van der Waals surface area contributed by atoms with Crippen LogP contribution in [-0.4, -0.2) is 13.0 Å². The second kappa shape index (κ2) is 5.66. The zero-order valence-corrected chi connectivity index (χ0v) is 10.5. The van der Waals surface area contributed by atoms with Crippen LogP contribution in [0.4, 0.5) is 26.3 Å². The topological polar surface area (TPSA) is 52.3 Å². The molecular weight excluding hydrogens is 304 g/mol. The van der Waals surface area contributed by atoms with Gasteiger partial charge in [0.25, 0.3) is 0 Å². The Kier molecular flexibility index (Phi) is 4.55. The maximum Gasteiger partial charge on any atom is 0.417 e. The van der Waals surface area contributed by atoms with E-state index in [1.807, 2.05) is 0 Å². The minimum absolute atomic E-state index is 0.0524. The molecule has 1 amide bonds. The first-order valence-electron chi connectivity index (χ1n) is 5.30. The Morgan fingerprint density at radius 2 is 1.71 bits per heavy atom. The molecule has 2 N–H and O–H groups in total. The molecule has 0 aromatic heterocycles. The highest BCUT2D eigenvalue weighted by Crippen LogP contribution is 2.41. The van der Waals surface area contributed by atoms with Crippen molar-refractivity contribution in [1.82, 2.24) is 0 Å². The predicted octanol–water partition coefficient (Wildman–Crippen LogP) is 3.23. The molecule has 0 unspecified atom stereocenters. The number of nitrogens with two attached hydrogens (primary N) is 1. The third-order valence-corrected chi connectivity index (χ3v) is 2.41. The van der Waals surface area contributed by atoms with Gasteiger partial charge < -0.3 is 10.5 Å². The molecule has 0 radical (unpaired) electrons. The molecule has 0 aliphatic heterocycles. The lowest BCUT2D eigenvalue weighted by molar-refractivity contribution is -0.143. The van der Waals surface area contributed by atoms with Gasteiger partial charge in [0.05, 0.1) is 18.2 Å². The maximum atomic E-state index is 12.9. The summed E-state index contributed by atoms with van der Waals surface area (Å²) in [6.45, 7) is 0. The number of methoxy groups -OCH3 is 1. The summed E-state index contributed by atoms with van der Waals surface area (Å²) < 4.78 is 81.0. The van der Waals surface area contributed by atoms with Crippen LogP contribution in [0, 0.1) is 0 Å². The fourth-order valence-electron chi connectivity index (χ4n) is 1.53. The first-order valence-corrected chi connectivity index (χ1v) is 5.30. The molecule has 0 atom stereocenters. The van der Waals surface area contributed by atoms with Crippen LogP contribution in [-0.2, 0) is 17.1 Å². The number of hydrogen-bond acceptors (Lipinski definition) is 2. The van der Waals surface area contributed by atoms with Crippen molar-refractivity contribution in [2.24, 2.45) is 5.73 Å². The third-order valence-electron chi connectivity index (χ3n) is 2.41. The molecule has 0 aliphatic carbocycles. The van der Waals surface area contributed by atoms with Crippen LogP contribution in [0.2, 0.25) is 0 Å². The molecule has 3 nitrogen and oxygen atoms in total. The van der Waals surface area contributed by atoms with E-state index < -0.39 is 40.7 Å². The zero-order chi connectivity index (χ0) is 16.4. The first-order chi connectivity index (χ1) is 9.46. The monoisotopic (exact) mass is 313 g/mol. The Hall–Kier alpha value is -2.19. The summed E-state index contributed by atoms with van der Waals surface area (Å²) >= 11 is 0. The molecule has 116 valence electrons. The average molecular weight is 313 g/mol. The van der Waals surface area contributed by atoms with Crippen molar-refractivity contribution in [2.75, 3.05) is 7.11 Å². The summed E-state index contributed by atoms with van der Waals surface area (Å²) in [5.41, 5.74) is 0.963. The van der Waals surface area contributed by atoms with Crippen LogP contribution in [0.15, 0.2) is 18.2 Å². The summed E-state index contributed by atoms with van der Waals surface area (Å²) in [6.07, 6.45) is -8.78. The molecule has 0 saturated carbocycles. The molecule has 0 fully saturated rings. The second-order valence-electron chi connectivity index (χ2n) is 3.87. The number of carbonyl (C=O) groups excluding carboxylic acids is 1. The number of halogens is 6. The minimum atomic E-state index is -5.06. The van der Waals surface area contributed by atoms with Crippen molar-refractivity contribution >= 4 is 12.0 Å². The molecule has 0 bridgehead atoms. The summed E-state index contributed by atoms with van der Waals surface area (Å²) in [5.74, 6) is -1.72. The highest BCUT2D eigenvalue weighted by molar-refractivity contribution is 5.91. The highest BCUT2D eigenvalue weighted by Gasteiger charge is 2.39. The number of carbonyl (C=O) groups is 1. The SMILES string of the molecule is COc1cc(C(F)(F)F)cc(C(F)(F)F)c1/C=C/C(N)=O. The van der Waals surface area contributed by atoms with E-state index in [-0.39, 0.29) is 6.07 Å². The molecule has 9 heteroatoms. The van der Waals surface area contributed by atoms with E-state index in [0.717, 1.165) is 7.11 Å². The fourth-order valence-corrected chi connectivity index (χ4v) is 1.53. The van der Waals surface area contributed by atoms with E-state index in [9.17, 15) is 31.1 Å². The van der Waals surface area contributed by atoms with Crippen LogP contribution in [0.25, 0.3) is 6.08 Å². The number of hydrogen-bond donors (Lipinski definition) is 1. The molecule has 0 aliphatic rings. The summed E-state index contributed by atoms with van der Waals surface area (Å²) in [6, 6.07) is 0.360. The standard InChI is InChI=1S/C12H9F6NO2/c1-21-9-5-6(11(13,14)15)4-8(12(16,17)18)7(9)2-3-10(19)20/h2-5H,1H3,(H2,19,20)/b3-2+. The molecule has 0 heterocycles. The van der Waals surface area contributed by atoms with Gasteiger partial charge in [0, 0.05) is 11.6 Å². The number of benzene rings is 1. The largest absolute Gasteiger partial charge is 0.496 e. The zero-order valence-electron chi connectivity index (χ0n) is 10.5. The minimum Gasteiger partial charge on any atom is -0.496 e. The van der Waals surface area contributed by atoms with Gasteiger partial charge in [-0.1, -0.05) is 0 Å². The number of rotatable bonds is 3. The lowest BCUT2D eigenvalue weighted by Crippen LogP contribution is -2.14. The summed E-state index contributed by atoms with van der Waals surface area (Å²) in [7, 11) is 0.914. The van der Waals surface area contributed by atoms with Crippen LogP contribution in [0.3, 0.4) is 0 Å². The molecule has 1 aromatic rings. The first kappa shape index (κ1) is 16.9. The second-order valence-corrected chi connectivity index (χ2v) is 3.87. The smallest absolute Gasteiger partial charge is 0.417 e. The van der Waals surface area contributed by atoms with Crippen LogP contribution < -0.4 is 10.5 Å². The molecule has 0 spiro atoms. The Morgan fingerprint density at radius 3 is 2.10 bits per heavy atom. The lowest BCUT2D eigenvalue weighted by Gasteiger charge is -2.17. The third kappa shape index (κ3) is 4.14. The van der Waals surface area contributed by atoms with Crippen molar-refractivity contribution in [3.05, 3.63) is 34.9 Å². The van der Waals surface area contributed by atoms with Crippen LogP contribution in [0.5, 0.6) is 5.75 Å². The van der Waals surface area contributed by atoms with Crippen LogP contribution in [0.1, 0.15) is 16.7 Å². The van der Waals surface area contributed by atoms with Crippen LogP contribution >= 0.6 is 0 Å². The van der Waals surface area contributed by atoms with E-state index in [4.69, 9.17) is 5.73 Å². The van der Waals surface area contributed by atoms with E-state index in [1.54, 1.807) is 0 Å². The Bertz CT molecular complexity index is 574. The van der Waals surface area contributed by atoms with Crippen molar-refractivity contribution < 1.29 is 35.9 Å². The molecule has 1 rings (SSSR count). The van der Waals surface area contributed by atoms with Gasteiger partial charge in [-0.05, 0) is 18.2 Å². The predicted molar refractivity (Wildman–Crippen MR) is 61.2 cm³/mol. The Labute approximate surface area is 115 Å². The highest BCUT2D eigenvalue weighted by atomic mass is 19.4. The van der Waals surface area contributed by atoms with Crippen molar-refractivity contribution in [3.63, 3.8) is 0 Å². The number of primary amides is 1. The summed E-state index contributed by atoms with van der Waals surface area (Å²) in [5, 5.41) is 0. The molecule has 0 saturated heterocycles. The van der Waals surface area contributed by atoms with Crippen molar-refractivity contribution in [3.8, 4) is 5.75 Å². The Balaban J connectivity index is 3.64. The van der Waals surface area contributed by atoms with Gasteiger partial charge in [-0.25, -0.2) is 0 Å². The van der Waals surface area contributed by atoms with Gasteiger partial charge in [0.15, 0.2) is 0 Å². The maximum absolute atomic E-state index is 12.9. The molecule has 21 heavy (non-hydrogen) atoms. The van der Waals surface area contributed by atoms with Crippen molar-refractivity contribution in [2.45, 2.75) is 12.4 Å². The van der Waals surface area contributed by atoms with Gasteiger partial charge in [-0.3, -0.25) is 4.79 Å². The normalized spacial score (nSPS) is 12.7. The van der Waals surface area contributed by atoms with E-state index in [0.29, 0.717) is 18.2 Å². The average Bonchev–Trinajstić information content (AvgIpc) is 2.32. The van der Waals surface area contributed by atoms with E-state index in [2.05, 4.69) is 4.74 Å². The van der Waals surface area contributed by atoms with Gasteiger partial charge >= 0.3 is 12.4 Å². The summed E-state index contributed by atoms with van der Waals surface area (Å²) in [4.78, 5) is 10.6. The fraction of sp³-hybridized carbons (Fsp3) is 0.250. The number of ether oxygens (including phenoxy) is 1. The van der Waals surface area contributed by atoms with Crippen molar-refractivity contribution in [1.29, 1.82) is 0 Å². The van der Waals surface area contributed by atoms with Gasteiger partial charge in [0.2, 0.25) is 5.91 Å². The Morgan fingerprint density at radius 1 is 1.14 bits per heavy atom.